The van der Waals surface area contributed by atoms with Crippen LogP contribution in [-0.2, 0) is 4.74 Å². The van der Waals surface area contributed by atoms with E-state index in [1.54, 1.807) is 0 Å². The molecular formula is C12H22N2O2. The summed E-state index contributed by atoms with van der Waals surface area (Å²) >= 11 is 0. The highest BCUT2D eigenvalue weighted by Crippen LogP contribution is 2.39. The zero-order chi connectivity index (χ0) is 11.8. The van der Waals surface area contributed by atoms with Crippen molar-refractivity contribution in [2.75, 3.05) is 13.1 Å². The summed E-state index contributed by atoms with van der Waals surface area (Å²) in [7, 11) is 0. The van der Waals surface area contributed by atoms with Crippen LogP contribution in [0, 0.1) is 5.92 Å². The van der Waals surface area contributed by atoms with Crippen molar-refractivity contribution in [3.05, 3.63) is 0 Å². The summed E-state index contributed by atoms with van der Waals surface area (Å²) < 4.78 is 5.22. The standard InChI is InChI=1S/C12H22N2O2/c1-11(2,3)16-10(15)13-8-12-5-4-9(6-12)7-14-12/h9,14H,4-8H2,1-3H3,(H,13,15)/t9-,12-/m0/s1. The van der Waals surface area contributed by atoms with E-state index in [1.165, 1.54) is 19.3 Å². The van der Waals surface area contributed by atoms with Crippen molar-refractivity contribution in [2.45, 2.75) is 51.2 Å². The van der Waals surface area contributed by atoms with Crippen LogP contribution in [0.5, 0.6) is 0 Å². The SMILES string of the molecule is CC(C)(C)OC(=O)NC[C@@]12CC[C@H](CN1)C2. The lowest BCUT2D eigenvalue weighted by Gasteiger charge is -2.28. The van der Waals surface area contributed by atoms with Crippen molar-refractivity contribution in [1.29, 1.82) is 0 Å². The van der Waals surface area contributed by atoms with Crippen LogP contribution in [0.3, 0.4) is 0 Å². The topological polar surface area (TPSA) is 50.4 Å². The molecule has 0 aromatic carbocycles. The van der Waals surface area contributed by atoms with Gasteiger partial charge < -0.3 is 15.4 Å². The van der Waals surface area contributed by atoms with E-state index in [0.29, 0.717) is 6.54 Å². The maximum atomic E-state index is 11.5. The van der Waals surface area contributed by atoms with E-state index >= 15 is 0 Å². The predicted molar refractivity (Wildman–Crippen MR) is 62.3 cm³/mol. The number of rotatable bonds is 2. The van der Waals surface area contributed by atoms with E-state index in [2.05, 4.69) is 10.6 Å². The van der Waals surface area contributed by atoms with E-state index < -0.39 is 5.60 Å². The fraction of sp³-hybridized carbons (Fsp3) is 0.917. The molecular weight excluding hydrogens is 204 g/mol. The van der Waals surface area contributed by atoms with Gasteiger partial charge in [-0.15, -0.1) is 0 Å². The molecule has 0 aromatic rings. The van der Waals surface area contributed by atoms with Gasteiger partial charge in [-0.3, -0.25) is 0 Å². The van der Waals surface area contributed by atoms with Crippen LogP contribution >= 0.6 is 0 Å². The first-order valence-electron chi connectivity index (χ1n) is 6.10. The van der Waals surface area contributed by atoms with Gasteiger partial charge in [0.05, 0.1) is 0 Å². The Labute approximate surface area is 97.1 Å². The van der Waals surface area contributed by atoms with Crippen LogP contribution in [0.15, 0.2) is 0 Å². The average Bonchev–Trinajstić information content (AvgIpc) is 2.72. The number of carbonyl (C=O) groups excluding carboxylic acids is 1. The summed E-state index contributed by atoms with van der Waals surface area (Å²) in [6, 6.07) is 0. The normalized spacial score (nSPS) is 32.8. The third-order valence-corrected chi connectivity index (χ3v) is 3.45. The third kappa shape index (κ3) is 2.67. The highest BCUT2D eigenvalue weighted by Gasteiger charge is 2.44. The number of alkyl carbamates (subject to hydrolysis) is 1. The second kappa shape index (κ2) is 3.91. The molecule has 2 N–H and O–H groups in total. The van der Waals surface area contributed by atoms with Crippen molar-refractivity contribution < 1.29 is 9.53 Å². The summed E-state index contributed by atoms with van der Waals surface area (Å²) in [6.07, 6.45) is 3.36. The van der Waals surface area contributed by atoms with Gasteiger partial charge in [0.25, 0.3) is 0 Å². The fourth-order valence-corrected chi connectivity index (χ4v) is 2.71. The predicted octanol–water partition coefficient (Wildman–Crippen LogP) is 1.65. The van der Waals surface area contributed by atoms with Gasteiger partial charge in [0.15, 0.2) is 0 Å². The molecule has 16 heavy (non-hydrogen) atoms. The third-order valence-electron chi connectivity index (χ3n) is 3.45. The second-order valence-corrected chi connectivity index (χ2v) is 6.13. The van der Waals surface area contributed by atoms with Gasteiger partial charge in [0.2, 0.25) is 0 Å². The molecule has 1 saturated heterocycles. The summed E-state index contributed by atoms with van der Waals surface area (Å²) in [4.78, 5) is 11.5. The van der Waals surface area contributed by atoms with E-state index in [0.717, 1.165) is 12.5 Å². The zero-order valence-corrected chi connectivity index (χ0v) is 10.4. The number of piperidine rings is 1. The highest BCUT2D eigenvalue weighted by molar-refractivity contribution is 5.67. The largest absolute Gasteiger partial charge is 0.444 e. The minimum absolute atomic E-state index is 0.154. The van der Waals surface area contributed by atoms with Gasteiger partial charge in [0, 0.05) is 12.1 Å². The van der Waals surface area contributed by atoms with Crippen LogP contribution in [-0.4, -0.2) is 30.3 Å². The number of fused-ring (bicyclic) bond motifs is 2. The van der Waals surface area contributed by atoms with E-state index in [-0.39, 0.29) is 11.6 Å². The maximum Gasteiger partial charge on any atom is 0.407 e. The molecule has 4 nitrogen and oxygen atoms in total. The molecule has 0 unspecified atom stereocenters. The lowest BCUT2D eigenvalue weighted by Crippen LogP contribution is -2.50. The first kappa shape index (κ1) is 11.7. The number of hydrogen-bond donors (Lipinski definition) is 2. The van der Waals surface area contributed by atoms with Crippen LogP contribution in [0.4, 0.5) is 4.79 Å². The Kier molecular flexibility index (Phi) is 2.86. The lowest BCUT2D eigenvalue weighted by molar-refractivity contribution is 0.0512. The van der Waals surface area contributed by atoms with E-state index in [9.17, 15) is 4.79 Å². The first-order chi connectivity index (χ1) is 7.39. The summed E-state index contributed by atoms with van der Waals surface area (Å²) in [5.74, 6) is 0.820. The summed E-state index contributed by atoms with van der Waals surface area (Å²) in [5.41, 5.74) is -0.259. The molecule has 0 radical (unpaired) electrons. The van der Waals surface area contributed by atoms with Gasteiger partial charge in [0.1, 0.15) is 5.60 Å². The van der Waals surface area contributed by atoms with Crippen LogP contribution in [0.2, 0.25) is 0 Å². The molecule has 2 aliphatic rings. The van der Waals surface area contributed by atoms with Gasteiger partial charge in [-0.25, -0.2) is 4.79 Å². The van der Waals surface area contributed by atoms with Gasteiger partial charge in [-0.1, -0.05) is 0 Å². The van der Waals surface area contributed by atoms with E-state index in [1.807, 2.05) is 20.8 Å². The van der Waals surface area contributed by atoms with Gasteiger partial charge >= 0.3 is 6.09 Å². The second-order valence-electron chi connectivity index (χ2n) is 6.13. The molecule has 2 rings (SSSR count). The quantitative estimate of drug-likeness (QED) is 0.753. The smallest absolute Gasteiger partial charge is 0.407 e. The molecule has 1 aliphatic carbocycles. The van der Waals surface area contributed by atoms with Gasteiger partial charge in [-0.2, -0.15) is 0 Å². The molecule has 1 heterocycles. The Hall–Kier alpha value is -0.770. The molecule has 92 valence electrons. The molecule has 0 aromatic heterocycles. The average molecular weight is 226 g/mol. The number of hydrogen-bond acceptors (Lipinski definition) is 3. The van der Waals surface area contributed by atoms with Crippen molar-refractivity contribution >= 4 is 6.09 Å². The fourth-order valence-electron chi connectivity index (χ4n) is 2.71. The van der Waals surface area contributed by atoms with Gasteiger partial charge in [-0.05, 0) is 52.5 Å². The molecule has 0 spiro atoms. The molecule has 4 heteroatoms. The Morgan fingerprint density at radius 1 is 1.56 bits per heavy atom. The monoisotopic (exact) mass is 226 g/mol. The molecule has 1 saturated carbocycles. The van der Waals surface area contributed by atoms with E-state index in [4.69, 9.17) is 4.74 Å². The zero-order valence-electron chi connectivity index (χ0n) is 10.4. The number of ether oxygens (including phenoxy) is 1. The lowest BCUT2D eigenvalue weighted by atomic mass is 9.99. The van der Waals surface area contributed by atoms with Crippen molar-refractivity contribution in [3.8, 4) is 0 Å². The Balaban J connectivity index is 1.77. The summed E-state index contributed by atoms with van der Waals surface area (Å²) in [6.45, 7) is 7.44. The molecule has 2 atom stereocenters. The minimum Gasteiger partial charge on any atom is -0.444 e. The van der Waals surface area contributed by atoms with Crippen molar-refractivity contribution in [3.63, 3.8) is 0 Å². The number of carbonyl (C=O) groups is 1. The van der Waals surface area contributed by atoms with Crippen LogP contribution in [0.1, 0.15) is 40.0 Å². The van der Waals surface area contributed by atoms with Crippen molar-refractivity contribution in [2.24, 2.45) is 5.92 Å². The highest BCUT2D eigenvalue weighted by atomic mass is 16.6. The molecule has 1 aliphatic heterocycles. The molecule has 2 fully saturated rings. The number of nitrogens with one attached hydrogen (secondary N) is 2. The van der Waals surface area contributed by atoms with Crippen LogP contribution < -0.4 is 10.6 Å². The minimum atomic E-state index is -0.414. The number of amides is 1. The Bertz CT molecular complexity index is 275. The van der Waals surface area contributed by atoms with Crippen molar-refractivity contribution in [1.82, 2.24) is 10.6 Å². The van der Waals surface area contributed by atoms with Crippen LogP contribution in [0.25, 0.3) is 0 Å². The Morgan fingerprint density at radius 3 is 2.75 bits per heavy atom. The summed E-state index contributed by atoms with van der Waals surface area (Å²) in [5, 5.41) is 6.39. The first-order valence-corrected chi connectivity index (χ1v) is 6.10. The molecule has 2 bridgehead atoms. The Morgan fingerprint density at radius 2 is 2.31 bits per heavy atom. The molecule has 1 amide bonds. The maximum absolute atomic E-state index is 11.5.